The van der Waals surface area contributed by atoms with Gasteiger partial charge in [-0.05, 0) is 65.7 Å². The summed E-state index contributed by atoms with van der Waals surface area (Å²) in [6.45, 7) is 2.18. The van der Waals surface area contributed by atoms with E-state index in [0.29, 0.717) is 21.8 Å². The molecule has 0 spiro atoms. The van der Waals surface area contributed by atoms with Gasteiger partial charge in [-0.25, -0.2) is 4.79 Å². The van der Waals surface area contributed by atoms with Crippen LogP contribution in [-0.4, -0.2) is 29.1 Å². The SMILES string of the molecule is COc1cc(/C=C2\SC(=O)N(Cc3ccccc3C)C2=O)ccc1OC(=O)c1ccccc1. The predicted molar refractivity (Wildman–Crippen MR) is 127 cm³/mol. The van der Waals surface area contributed by atoms with Crippen LogP contribution in [0.25, 0.3) is 6.08 Å². The first-order valence-electron chi connectivity index (χ1n) is 10.2. The molecule has 0 unspecified atom stereocenters. The van der Waals surface area contributed by atoms with Crippen LogP contribution >= 0.6 is 11.8 Å². The normalized spacial score (nSPS) is 14.6. The Morgan fingerprint density at radius 3 is 2.42 bits per heavy atom. The molecule has 1 aliphatic rings. The number of carbonyl (C=O) groups excluding carboxylic acids is 3. The monoisotopic (exact) mass is 459 g/mol. The summed E-state index contributed by atoms with van der Waals surface area (Å²) in [5.41, 5.74) is 3.01. The molecule has 1 aliphatic heterocycles. The zero-order valence-corrected chi connectivity index (χ0v) is 18.9. The standard InChI is InChI=1S/C26H21NO5S/c1-17-8-6-7-11-20(17)16-27-24(28)23(33-26(27)30)15-18-12-13-21(22(14-18)31-2)32-25(29)19-9-4-3-5-10-19/h3-15H,16H2,1-2H3/b23-15-. The van der Waals surface area contributed by atoms with Crippen molar-refractivity contribution >= 4 is 35.0 Å². The fourth-order valence-electron chi connectivity index (χ4n) is 3.34. The first kappa shape index (κ1) is 22.4. The number of aryl methyl sites for hydroxylation is 1. The number of methoxy groups -OCH3 is 1. The van der Waals surface area contributed by atoms with Crippen molar-refractivity contribution in [3.63, 3.8) is 0 Å². The summed E-state index contributed by atoms with van der Waals surface area (Å²) in [6.07, 6.45) is 1.63. The second-order valence-electron chi connectivity index (χ2n) is 7.36. The van der Waals surface area contributed by atoms with Gasteiger partial charge in [0, 0.05) is 0 Å². The molecule has 3 aromatic carbocycles. The summed E-state index contributed by atoms with van der Waals surface area (Å²) in [5, 5.41) is -0.310. The lowest BCUT2D eigenvalue weighted by Crippen LogP contribution is -2.27. The summed E-state index contributed by atoms with van der Waals surface area (Å²) in [4.78, 5) is 39.3. The number of hydrogen-bond acceptors (Lipinski definition) is 6. The van der Waals surface area contributed by atoms with Crippen molar-refractivity contribution in [1.29, 1.82) is 0 Å². The van der Waals surface area contributed by atoms with Gasteiger partial charge in [0.1, 0.15) is 0 Å². The minimum absolute atomic E-state index is 0.229. The van der Waals surface area contributed by atoms with Gasteiger partial charge in [0.05, 0.1) is 24.1 Å². The van der Waals surface area contributed by atoms with E-state index in [9.17, 15) is 14.4 Å². The number of rotatable bonds is 6. The molecular formula is C26H21NO5S. The first-order chi connectivity index (χ1) is 16.0. The maximum atomic E-state index is 12.9. The number of amides is 2. The summed E-state index contributed by atoms with van der Waals surface area (Å²) in [7, 11) is 1.47. The van der Waals surface area contributed by atoms with E-state index in [0.717, 1.165) is 22.9 Å². The second kappa shape index (κ2) is 9.75. The van der Waals surface area contributed by atoms with Gasteiger partial charge >= 0.3 is 5.97 Å². The number of hydrogen-bond donors (Lipinski definition) is 0. The topological polar surface area (TPSA) is 72.9 Å². The van der Waals surface area contributed by atoms with Gasteiger partial charge in [-0.1, -0.05) is 48.5 Å². The van der Waals surface area contributed by atoms with Crippen molar-refractivity contribution in [1.82, 2.24) is 4.90 Å². The third-order valence-corrected chi connectivity index (χ3v) is 6.07. The van der Waals surface area contributed by atoms with Crippen molar-refractivity contribution in [3.05, 3.63) is 100.0 Å². The highest BCUT2D eigenvalue weighted by molar-refractivity contribution is 8.18. The van der Waals surface area contributed by atoms with Crippen molar-refractivity contribution < 1.29 is 23.9 Å². The molecule has 7 heteroatoms. The van der Waals surface area contributed by atoms with Gasteiger partial charge in [-0.15, -0.1) is 0 Å². The van der Waals surface area contributed by atoms with E-state index >= 15 is 0 Å². The quantitative estimate of drug-likeness (QED) is 0.277. The number of imide groups is 1. The highest BCUT2D eigenvalue weighted by Gasteiger charge is 2.35. The molecule has 1 heterocycles. The van der Waals surface area contributed by atoms with Crippen molar-refractivity contribution in [3.8, 4) is 11.5 Å². The average Bonchev–Trinajstić information content (AvgIpc) is 3.09. The summed E-state index contributed by atoms with van der Waals surface area (Å²) >= 11 is 0.900. The average molecular weight is 460 g/mol. The molecule has 0 aliphatic carbocycles. The first-order valence-corrected chi connectivity index (χ1v) is 11.0. The van der Waals surface area contributed by atoms with Gasteiger partial charge in [0.2, 0.25) is 0 Å². The van der Waals surface area contributed by atoms with E-state index in [2.05, 4.69) is 0 Å². The van der Waals surface area contributed by atoms with E-state index in [1.807, 2.05) is 37.3 Å². The number of esters is 1. The molecule has 6 nitrogen and oxygen atoms in total. The minimum Gasteiger partial charge on any atom is -0.493 e. The Morgan fingerprint density at radius 2 is 1.70 bits per heavy atom. The van der Waals surface area contributed by atoms with E-state index in [1.54, 1.807) is 48.5 Å². The van der Waals surface area contributed by atoms with Crippen LogP contribution in [0.4, 0.5) is 4.79 Å². The molecule has 0 aromatic heterocycles. The lowest BCUT2D eigenvalue weighted by atomic mass is 10.1. The predicted octanol–water partition coefficient (Wildman–Crippen LogP) is 5.46. The summed E-state index contributed by atoms with van der Waals surface area (Å²) < 4.78 is 10.8. The largest absolute Gasteiger partial charge is 0.493 e. The van der Waals surface area contributed by atoms with Crippen molar-refractivity contribution in [2.24, 2.45) is 0 Å². The van der Waals surface area contributed by atoms with Gasteiger partial charge in [-0.2, -0.15) is 0 Å². The van der Waals surface area contributed by atoms with Crippen LogP contribution < -0.4 is 9.47 Å². The zero-order chi connectivity index (χ0) is 23.4. The Labute approximate surface area is 195 Å². The van der Waals surface area contributed by atoms with Crippen LogP contribution in [0.5, 0.6) is 11.5 Å². The lowest BCUT2D eigenvalue weighted by molar-refractivity contribution is -0.123. The van der Waals surface area contributed by atoms with Crippen LogP contribution in [0.1, 0.15) is 27.0 Å². The molecule has 2 amide bonds. The summed E-state index contributed by atoms with van der Waals surface area (Å²) in [6, 6.07) is 21.3. The highest BCUT2D eigenvalue weighted by Crippen LogP contribution is 2.35. The molecule has 0 saturated carbocycles. The van der Waals surface area contributed by atoms with Gasteiger partial charge in [0.25, 0.3) is 11.1 Å². The Morgan fingerprint density at radius 1 is 0.970 bits per heavy atom. The van der Waals surface area contributed by atoms with E-state index < -0.39 is 5.97 Å². The number of nitrogens with zero attached hydrogens (tertiary/aromatic N) is 1. The van der Waals surface area contributed by atoms with Gasteiger partial charge in [0.15, 0.2) is 11.5 Å². The molecule has 0 N–H and O–H groups in total. The third kappa shape index (κ3) is 4.99. The Bertz CT molecular complexity index is 1250. The number of ether oxygens (including phenoxy) is 2. The minimum atomic E-state index is -0.501. The Hall–Kier alpha value is -3.84. The molecular weight excluding hydrogens is 438 g/mol. The molecule has 1 saturated heterocycles. The molecule has 0 bridgehead atoms. The fourth-order valence-corrected chi connectivity index (χ4v) is 4.18. The fraction of sp³-hybridized carbons (Fsp3) is 0.115. The van der Waals surface area contributed by atoms with Crippen LogP contribution in [0.2, 0.25) is 0 Å². The Kier molecular flexibility index (Phi) is 6.60. The third-order valence-electron chi connectivity index (χ3n) is 5.16. The molecule has 166 valence electrons. The van der Waals surface area contributed by atoms with Crippen molar-refractivity contribution in [2.45, 2.75) is 13.5 Å². The maximum absolute atomic E-state index is 12.9. The van der Waals surface area contributed by atoms with Crippen LogP contribution in [0.15, 0.2) is 77.7 Å². The number of thioether (sulfide) groups is 1. The van der Waals surface area contributed by atoms with Crippen LogP contribution in [0, 0.1) is 6.92 Å². The van der Waals surface area contributed by atoms with Gasteiger partial charge < -0.3 is 9.47 Å². The highest BCUT2D eigenvalue weighted by atomic mass is 32.2. The Balaban J connectivity index is 1.53. The van der Waals surface area contributed by atoms with Crippen molar-refractivity contribution in [2.75, 3.05) is 7.11 Å². The number of carbonyl (C=O) groups is 3. The molecule has 1 fully saturated rings. The van der Waals surface area contributed by atoms with E-state index in [-0.39, 0.29) is 23.4 Å². The van der Waals surface area contributed by atoms with E-state index in [4.69, 9.17) is 9.47 Å². The van der Waals surface area contributed by atoms with Crippen LogP contribution in [-0.2, 0) is 11.3 Å². The molecule has 4 rings (SSSR count). The lowest BCUT2D eigenvalue weighted by Gasteiger charge is -2.14. The smallest absolute Gasteiger partial charge is 0.343 e. The summed E-state index contributed by atoms with van der Waals surface area (Å²) in [5.74, 6) is -0.242. The zero-order valence-electron chi connectivity index (χ0n) is 18.1. The van der Waals surface area contributed by atoms with Crippen LogP contribution in [0.3, 0.4) is 0 Å². The second-order valence-corrected chi connectivity index (χ2v) is 8.35. The maximum Gasteiger partial charge on any atom is 0.343 e. The molecule has 33 heavy (non-hydrogen) atoms. The molecule has 0 atom stereocenters. The molecule has 0 radical (unpaired) electrons. The van der Waals surface area contributed by atoms with Gasteiger partial charge in [-0.3, -0.25) is 14.5 Å². The number of benzene rings is 3. The van der Waals surface area contributed by atoms with E-state index in [1.165, 1.54) is 12.0 Å². The molecule has 3 aromatic rings.